The van der Waals surface area contributed by atoms with Crippen molar-refractivity contribution in [3.63, 3.8) is 0 Å². The number of carbonyl (C=O) groups is 3. The first-order valence-corrected chi connectivity index (χ1v) is 11.3. The van der Waals surface area contributed by atoms with Gasteiger partial charge in [-0.15, -0.1) is 0 Å². The normalized spacial score (nSPS) is 12.4. The zero-order valence-electron chi connectivity index (χ0n) is 18.4. The van der Waals surface area contributed by atoms with Crippen LogP contribution < -0.4 is 10.1 Å². The molecule has 6 nitrogen and oxygen atoms in total. The van der Waals surface area contributed by atoms with Crippen molar-refractivity contribution in [1.29, 1.82) is 0 Å². The second kappa shape index (κ2) is 11.3. The predicted molar refractivity (Wildman–Crippen MR) is 130 cm³/mol. The van der Waals surface area contributed by atoms with Crippen LogP contribution in [0, 0.1) is 0 Å². The molecule has 0 bridgehead atoms. The van der Waals surface area contributed by atoms with Crippen molar-refractivity contribution >= 4 is 28.8 Å². The van der Waals surface area contributed by atoms with Crippen molar-refractivity contribution in [3.05, 3.63) is 90.0 Å². The zero-order chi connectivity index (χ0) is 23.8. The number of benzene rings is 3. The average Bonchev–Trinajstić information content (AvgIpc) is 2.84. The minimum Gasteiger partial charge on any atom is -0.497 e. The average molecular weight is 464 g/mol. The van der Waals surface area contributed by atoms with E-state index in [0.717, 1.165) is 28.5 Å². The maximum absolute atomic E-state index is 12.6. The number of hydrogen-bond donors (Lipinski definition) is 2. The summed E-state index contributed by atoms with van der Waals surface area (Å²) in [6.07, 6.45) is 0.192. The molecule has 0 spiro atoms. The van der Waals surface area contributed by atoms with E-state index in [1.54, 1.807) is 31.2 Å². The molecule has 33 heavy (non-hydrogen) atoms. The number of hydrogen-bond acceptors (Lipinski definition) is 5. The van der Waals surface area contributed by atoms with Crippen LogP contribution in [0.3, 0.4) is 0 Å². The van der Waals surface area contributed by atoms with Gasteiger partial charge in [0.15, 0.2) is 0 Å². The van der Waals surface area contributed by atoms with Crippen LogP contribution in [0.5, 0.6) is 5.75 Å². The maximum Gasteiger partial charge on any atom is 0.317 e. The third-order valence-corrected chi connectivity index (χ3v) is 6.29. The maximum atomic E-state index is 12.6. The van der Waals surface area contributed by atoms with E-state index in [0.29, 0.717) is 11.3 Å². The second-order valence-corrected chi connectivity index (χ2v) is 8.67. The Morgan fingerprint density at radius 1 is 0.939 bits per heavy atom. The summed E-state index contributed by atoms with van der Waals surface area (Å²) in [5.74, 6) is -0.981. The molecule has 2 N–H and O–H groups in total. The van der Waals surface area contributed by atoms with E-state index < -0.39 is 28.3 Å². The summed E-state index contributed by atoms with van der Waals surface area (Å²) in [4.78, 5) is 36.9. The first kappa shape index (κ1) is 24.1. The smallest absolute Gasteiger partial charge is 0.317 e. The highest BCUT2D eigenvalue weighted by Crippen LogP contribution is 2.23. The van der Waals surface area contributed by atoms with Crippen LogP contribution in [0.15, 0.2) is 78.9 Å². The van der Waals surface area contributed by atoms with E-state index >= 15 is 0 Å². The van der Waals surface area contributed by atoms with Crippen LogP contribution in [0.25, 0.3) is 11.1 Å². The van der Waals surface area contributed by atoms with Gasteiger partial charge >= 0.3 is 5.97 Å². The van der Waals surface area contributed by atoms with E-state index in [2.05, 4.69) is 5.32 Å². The quantitative estimate of drug-likeness (QED) is 0.488. The van der Waals surface area contributed by atoms with Crippen molar-refractivity contribution < 1.29 is 24.2 Å². The lowest BCUT2D eigenvalue weighted by molar-refractivity contribution is -0.136. The predicted octanol–water partition coefficient (Wildman–Crippen LogP) is 4.44. The van der Waals surface area contributed by atoms with Crippen LogP contribution >= 0.6 is 11.8 Å². The fourth-order valence-corrected chi connectivity index (χ4v) is 4.12. The Hall–Kier alpha value is -3.58. The van der Waals surface area contributed by atoms with Crippen LogP contribution in [-0.4, -0.2) is 40.5 Å². The van der Waals surface area contributed by atoms with E-state index in [9.17, 15) is 19.5 Å². The molecule has 3 rings (SSSR count). The lowest BCUT2D eigenvalue weighted by Gasteiger charge is -2.16. The Morgan fingerprint density at radius 2 is 1.61 bits per heavy atom. The monoisotopic (exact) mass is 463 g/mol. The molecule has 1 amide bonds. The summed E-state index contributed by atoms with van der Waals surface area (Å²) in [5.41, 5.74) is 3.27. The highest BCUT2D eigenvalue weighted by atomic mass is 32.2. The summed E-state index contributed by atoms with van der Waals surface area (Å²) in [6, 6.07) is 23.2. The molecule has 0 fully saturated rings. The second-order valence-electron chi connectivity index (χ2n) is 7.46. The van der Waals surface area contributed by atoms with Gasteiger partial charge in [0.2, 0.25) is 5.12 Å². The van der Waals surface area contributed by atoms with Gasteiger partial charge in [0, 0.05) is 5.56 Å². The number of rotatable bonds is 9. The molecule has 0 aliphatic rings. The molecule has 0 aliphatic carbocycles. The standard InChI is InChI=1S/C26H25NO5S/c1-17(27-24(28)21-9-6-10-22(16-21)32-2)26(31)33-23(25(29)30)15-18-11-13-20(14-12-18)19-7-4-3-5-8-19/h3-14,16-17,23H,15H2,1-2H3,(H,27,28)(H,29,30)/t17-,23-/m1/s1. The number of amides is 1. The zero-order valence-corrected chi connectivity index (χ0v) is 19.2. The SMILES string of the molecule is COc1cccc(C(=O)N[C@H](C)C(=O)S[C@H](Cc2ccc(-c3ccccc3)cc2)C(=O)O)c1. The van der Waals surface area contributed by atoms with Crippen LogP contribution in [0.1, 0.15) is 22.8 Å². The molecule has 170 valence electrons. The molecule has 2 atom stereocenters. The largest absolute Gasteiger partial charge is 0.497 e. The summed E-state index contributed by atoms with van der Waals surface area (Å²) in [5, 5.41) is 10.9. The van der Waals surface area contributed by atoms with Gasteiger partial charge in [0.05, 0.1) is 13.2 Å². The van der Waals surface area contributed by atoms with Gasteiger partial charge in [-0.3, -0.25) is 14.4 Å². The van der Waals surface area contributed by atoms with Crippen LogP contribution in [0.4, 0.5) is 0 Å². The Morgan fingerprint density at radius 3 is 2.24 bits per heavy atom. The fourth-order valence-electron chi connectivity index (χ4n) is 3.20. The highest BCUT2D eigenvalue weighted by molar-refractivity contribution is 8.14. The first-order chi connectivity index (χ1) is 15.9. The molecule has 0 aliphatic heterocycles. The molecular formula is C26H25NO5S. The van der Waals surface area contributed by atoms with Crippen LogP contribution in [0.2, 0.25) is 0 Å². The molecule has 3 aromatic rings. The lowest BCUT2D eigenvalue weighted by Crippen LogP contribution is -2.38. The van der Waals surface area contributed by atoms with E-state index in [-0.39, 0.29) is 6.42 Å². The summed E-state index contributed by atoms with van der Waals surface area (Å²) in [6.45, 7) is 1.54. The van der Waals surface area contributed by atoms with E-state index in [4.69, 9.17) is 4.74 Å². The van der Waals surface area contributed by atoms with E-state index in [1.165, 1.54) is 7.11 Å². The van der Waals surface area contributed by atoms with Gasteiger partial charge in [-0.2, -0.15) is 0 Å². The third kappa shape index (κ3) is 6.70. The minimum absolute atomic E-state index is 0.192. The van der Waals surface area contributed by atoms with Gasteiger partial charge in [-0.25, -0.2) is 0 Å². The fraction of sp³-hybridized carbons (Fsp3) is 0.192. The molecule has 0 saturated heterocycles. The van der Waals surface area contributed by atoms with Gasteiger partial charge in [-0.1, -0.05) is 72.4 Å². The Balaban J connectivity index is 1.61. The summed E-state index contributed by atoms with van der Waals surface area (Å²) < 4.78 is 5.11. The molecule has 0 heterocycles. The van der Waals surface area contributed by atoms with Gasteiger partial charge in [-0.05, 0) is 48.2 Å². The minimum atomic E-state index is -1.08. The number of carboxylic acids is 1. The van der Waals surface area contributed by atoms with Crippen molar-refractivity contribution in [1.82, 2.24) is 5.32 Å². The Bertz CT molecular complexity index is 1120. The number of ether oxygens (including phenoxy) is 1. The lowest BCUT2D eigenvalue weighted by atomic mass is 10.0. The molecule has 0 radical (unpaired) electrons. The number of aliphatic carboxylic acids is 1. The molecule has 7 heteroatoms. The molecule has 0 saturated carbocycles. The topological polar surface area (TPSA) is 92.7 Å². The number of carboxylic acid groups (broad SMARTS) is 1. The van der Waals surface area contributed by atoms with Gasteiger partial charge in [0.1, 0.15) is 11.0 Å². The van der Waals surface area contributed by atoms with Crippen molar-refractivity contribution in [2.24, 2.45) is 0 Å². The van der Waals surface area contributed by atoms with Gasteiger partial charge in [0.25, 0.3) is 5.91 Å². The first-order valence-electron chi connectivity index (χ1n) is 10.4. The highest BCUT2D eigenvalue weighted by Gasteiger charge is 2.26. The summed E-state index contributed by atoms with van der Waals surface area (Å²) in [7, 11) is 1.50. The molecule has 3 aromatic carbocycles. The Kier molecular flexibility index (Phi) is 8.27. The van der Waals surface area contributed by atoms with Crippen molar-refractivity contribution in [3.8, 4) is 16.9 Å². The Labute approximate surface area is 197 Å². The van der Waals surface area contributed by atoms with Crippen LogP contribution in [-0.2, 0) is 16.0 Å². The van der Waals surface area contributed by atoms with Crippen molar-refractivity contribution in [2.75, 3.05) is 7.11 Å². The summed E-state index contributed by atoms with van der Waals surface area (Å²) >= 11 is 0.723. The molecular weight excluding hydrogens is 438 g/mol. The number of thioether (sulfide) groups is 1. The molecule has 0 unspecified atom stereocenters. The van der Waals surface area contributed by atoms with Crippen molar-refractivity contribution in [2.45, 2.75) is 24.6 Å². The number of nitrogens with one attached hydrogen (secondary N) is 1. The number of carbonyl (C=O) groups excluding carboxylic acids is 2. The van der Waals surface area contributed by atoms with E-state index in [1.807, 2.05) is 54.6 Å². The number of methoxy groups -OCH3 is 1. The third-order valence-electron chi connectivity index (χ3n) is 5.05. The molecule has 0 aromatic heterocycles. The van der Waals surface area contributed by atoms with Gasteiger partial charge < -0.3 is 15.2 Å².